The largest absolute Gasteiger partial charge is 0.416 e. The molecule has 0 unspecified atom stereocenters. The third kappa shape index (κ3) is 2.12. The molecule has 0 saturated carbocycles. The molecule has 0 fully saturated rings. The van der Waals surface area contributed by atoms with Crippen LogP contribution in [0.25, 0.3) is 0 Å². The molecule has 13 heavy (non-hydrogen) atoms. The third-order valence-corrected chi connectivity index (χ3v) is 1.69. The van der Waals surface area contributed by atoms with Crippen molar-refractivity contribution in [3.8, 4) is 0 Å². The highest BCUT2D eigenvalue weighted by Crippen LogP contribution is 2.31. The van der Waals surface area contributed by atoms with E-state index in [2.05, 4.69) is 0 Å². The van der Waals surface area contributed by atoms with Crippen molar-refractivity contribution in [2.75, 3.05) is 5.48 Å². The summed E-state index contributed by atoms with van der Waals surface area (Å²) in [5.74, 6) is 0. The van der Waals surface area contributed by atoms with Crippen LogP contribution in [-0.2, 0) is 6.18 Å². The standard InChI is InChI=1S/C8H8F3NO/c1-5-2-3-6(8(9,10)11)4-7(5)12-13/h2-4,12-13H,1H3. The molecule has 0 aliphatic heterocycles. The maximum absolute atomic E-state index is 12.1. The number of nitrogens with one attached hydrogen (secondary N) is 1. The van der Waals surface area contributed by atoms with Gasteiger partial charge in [0.2, 0.25) is 0 Å². The van der Waals surface area contributed by atoms with Gasteiger partial charge in [-0.25, -0.2) is 0 Å². The molecule has 1 aromatic carbocycles. The molecule has 1 rings (SSSR count). The van der Waals surface area contributed by atoms with E-state index in [1.807, 2.05) is 0 Å². The van der Waals surface area contributed by atoms with Crippen LogP contribution in [0.3, 0.4) is 0 Å². The summed E-state index contributed by atoms with van der Waals surface area (Å²) < 4.78 is 36.4. The van der Waals surface area contributed by atoms with E-state index < -0.39 is 11.7 Å². The number of alkyl halides is 3. The minimum Gasteiger partial charge on any atom is -0.291 e. The molecular formula is C8H8F3NO. The molecule has 1 aromatic rings. The van der Waals surface area contributed by atoms with E-state index >= 15 is 0 Å². The van der Waals surface area contributed by atoms with Crippen LogP contribution in [0.2, 0.25) is 0 Å². The Morgan fingerprint density at radius 1 is 1.31 bits per heavy atom. The van der Waals surface area contributed by atoms with Crippen molar-refractivity contribution < 1.29 is 18.4 Å². The second-order valence-electron chi connectivity index (χ2n) is 2.64. The summed E-state index contributed by atoms with van der Waals surface area (Å²) in [7, 11) is 0. The van der Waals surface area contributed by atoms with Gasteiger partial charge in [-0.05, 0) is 24.6 Å². The average molecular weight is 191 g/mol. The highest BCUT2D eigenvalue weighted by atomic mass is 19.4. The Labute approximate surface area is 73.0 Å². The van der Waals surface area contributed by atoms with Crippen LogP contribution >= 0.6 is 0 Å². The fourth-order valence-electron chi connectivity index (χ4n) is 0.919. The van der Waals surface area contributed by atoms with Gasteiger partial charge in [-0.1, -0.05) is 6.07 Å². The molecule has 0 atom stereocenters. The number of hydrogen-bond acceptors (Lipinski definition) is 2. The molecule has 0 spiro atoms. The first kappa shape index (κ1) is 9.85. The number of hydrogen-bond donors (Lipinski definition) is 2. The predicted molar refractivity (Wildman–Crippen MR) is 41.6 cm³/mol. The van der Waals surface area contributed by atoms with Crippen molar-refractivity contribution in [2.45, 2.75) is 13.1 Å². The molecule has 0 aliphatic rings. The summed E-state index contributed by atoms with van der Waals surface area (Å²) in [6.07, 6.45) is -4.38. The number of aryl methyl sites for hydroxylation is 1. The summed E-state index contributed by atoms with van der Waals surface area (Å²) in [5.41, 5.74) is 1.54. The zero-order valence-corrected chi connectivity index (χ0v) is 6.81. The van der Waals surface area contributed by atoms with Gasteiger partial charge in [0.05, 0.1) is 11.3 Å². The van der Waals surface area contributed by atoms with E-state index in [1.54, 1.807) is 12.4 Å². The van der Waals surface area contributed by atoms with Crippen LogP contribution in [0.5, 0.6) is 0 Å². The third-order valence-electron chi connectivity index (χ3n) is 1.69. The molecule has 5 heteroatoms. The summed E-state index contributed by atoms with van der Waals surface area (Å²) in [4.78, 5) is 0. The molecule has 0 aromatic heterocycles. The van der Waals surface area contributed by atoms with E-state index in [4.69, 9.17) is 5.21 Å². The average Bonchev–Trinajstić information content (AvgIpc) is 2.03. The zero-order valence-electron chi connectivity index (χ0n) is 6.81. The Bertz CT molecular complexity index is 309. The van der Waals surface area contributed by atoms with E-state index in [1.165, 1.54) is 6.07 Å². The Balaban J connectivity index is 3.14. The highest BCUT2D eigenvalue weighted by Gasteiger charge is 2.30. The Morgan fingerprint density at radius 3 is 2.38 bits per heavy atom. The zero-order chi connectivity index (χ0) is 10.1. The quantitative estimate of drug-likeness (QED) is 0.669. The van der Waals surface area contributed by atoms with Crippen molar-refractivity contribution >= 4 is 5.69 Å². The summed E-state index contributed by atoms with van der Waals surface area (Å²) >= 11 is 0. The van der Waals surface area contributed by atoms with Crippen molar-refractivity contribution in [1.82, 2.24) is 0 Å². The first-order chi connectivity index (χ1) is 5.95. The SMILES string of the molecule is Cc1ccc(C(F)(F)F)cc1NO. The lowest BCUT2D eigenvalue weighted by Gasteiger charge is -2.09. The van der Waals surface area contributed by atoms with E-state index in [9.17, 15) is 13.2 Å². The molecule has 0 saturated heterocycles. The normalized spacial score (nSPS) is 11.5. The maximum Gasteiger partial charge on any atom is 0.416 e. The molecule has 0 radical (unpaired) electrons. The predicted octanol–water partition coefficient (Wildman–Crippen LogP) is 2.81. The lowest BCUT2D eigenvalue weighted by molar-refractivity contribution is -0.137. The van der Waals surface area contributed by atoms with Gasteiger partial charge < -0.3 is 0 Å². The van der Waals surface area contributed by atoms with Crippen molar-refractivity contribution in [2.24, 2.45) is 0 Å². The van der Waals surface area contributed by atoms with Gasteiger partial charge in [-0.15, -0.1) is 0 Å². The van der Waals surface area contributed by atoms with Gasteiger partial charge in [0, 0.05) is 0 Å². The minimum absolute atomic E-state index is 0.0647. The molecule has 0 heterocycles. The Hall–Kier alpha value is -1.23. The molecule has 0 amide bonds. The monoisotopic (exact) mass is 191 g/mol. The molecule has 2 N–H and O–H groups in total. The molecular weight excluding hydrogens is 183 g/mol. The van der Waals surface area contributed by atoms with Gasteiger partial charge in [0.1, 0.15) is 0 Å². The van der Waals surface area contributed by atoms with Crippen LogP contribution in [-0.4, -0.2) is 5.21 Å². The summed E-state index contributed by atoms with van der Waals surface area (Å²) in [5, 5.41) is 8.49. The first-order valence-corrected chi connectivity index (χ1v) is 3.53. The van der Waals surface area contributed by atoms with Crippen LogP contribution in [0.4, 0.5) is 18.9 Å². The molecule has 72 valence electrons. The van der Waals surface area contributed by atoms with Gasteiger partial charge >= 0.3 is 6.18 Å². The fourth-order valence-corrected chi connectivity index (χ4v) is 0.919. The van der Waals surface area contributed by atoms with Crippen molar-refractivity contribution in [3.05, 3.63) is 29.3 Å². The van der Waals surface area contributed by atoms with Crippen LogP contribution < -0.4 is 5.48 Å². The molecule has 0 aliphatic carbocycles. The lowest BCUT2D eigenvalue weighted by Crippen LogP contribution is -2.06. The van der Waals surface area contributed by atoms with Crippen LogP contribution in [0.1, 0.15) is 11.1 Å². The molecule has 2 nitrogen and oxygen atoms in total. The fraction of sp³-hybridized carbons (Fsp3) is 0.250. The summed E-state index contributed by atoms with van der Waals surface area (Å²) in [6, 6.07) is 3.12. The van der Waals surface area contributed by atoms with Gasteiger partial charge in [-0.3, -0.25) is 10.7 Å². The smallest absolute Gasteiger partial charge is 0.291 e. The summed E-state index contributed by atoms with van der Waals surface area (Å²) in [6.45, 7) is 1.60. The second kappa shape index (κ2) is 3.26. The van der Waals surface area contributed by atoms with Gasteiger partial charge in [0.25, 0.3) is 0 Å². The topological polar surface area (TPSA) is 32.3 Å². The van der Waals surface area contributed by atoms with Crippen LogP contribution in [0.15, 0.2) is 18.2 Å². The highest BCUT2D eigenvalue weighted by molar-refractivity contribution is 5.51. The van der Waals surface area contributed by atoms with E-state index in [0.717, 1.165) is 12.1 Å². The maximum atomic E-state index is 12.1. The van der Waals surface area contributed by atoms with Crippen molar-refractivity contribution in [1.29, 1.82) is 0 Å². The minimum atomic E-state index is -4.38. The Morgan fingerprint density at radius 2 is 1.92 bits per heavy atom. The van der Waals surface area contributed by atoms with Crippen LogP contribution in [0, 0.1) is 6.92 Å². The van der Waals surface area contributed by atoms with Crippen molar-refractivity contribution in [3.63, 3.8) is 0 Å². The number of rotatable bonds is 1. The Kier molecular flexibility index (Phi) is 2.47. The van der Waals surface area contributed by atoms with E-state index in [-0.39, 0.29) is 5.69 Å². The molecule has 0 bridgehead atoms. The number of halogens is 3. The first-order valence-electron chi connectivity index (χ1n) is 3.53. The number of anilines is 1. The lowest BCUT2D eigenvalue weighted by atomic mass is 10.1. The second-order valence-corrected chi connectivity index (χ2v) is 2.64. The number of benzene rings is 1. The van der Waals surface area contributed by atoms with Gasteiger partial charge in [-0.2, -0.15) is 13.2 Å². The van der Waals surface area contributed by atoms with Gasteiger partial charge in [0.15, 0.2) is 0 Å². The van der Waals surface area contributed by atoms with E-state index in [0.29, 0.717) is 5.56 Å².